The fourth-order valence-corrected chi connectivity index (χ4v) is 6.14. The highest BCUT2D eigenvalue weighted by molar-refractivity contribution is 6.30. The number of piperidine rings is 2. The number of carbonyl (C=O) groups excluding carboxylic acids is 2. The number of amides is 2. The third-order valence-corrected chi connectivity index (χ3v) is 8.59. The van der Waals surface area contributed by atoms with E-state index in [-0.39, 0.29) is 24.0 Å². The summed E-state index contributed by atoms with van der Waals surface area (Å²) in [6, 6.07) is 10.7. The Morgan fingerprint density at radius 1 is 0.975 bits per heavy atom. The molecule has 0 radical (unpaired) electrons. The normalized spacial score (nSPS) is 18.9. The predicted molar refractivity (Wildman–Crippen MR) is 149 cm³/mol. The number of aryl methyl sites for hydroxylation is 1. The third kappa shape index (κ3) is 6.25. The quantitative estimate of drug-likeness (QED) is 0.481. The fourth-order valence-electron chi connectivity index (χ4n) is 5.95. The summed E-state index contributed by atoms with van der Waals surface area (Å²) in [5, 5.41) is 10.7. The first kappa shape index (κ1) is 30.2. The molecular formula is C30H37ClF3N3O3. The van der Waals surface area contributed by atoms with E-state index in [1.165, 1.54) is 12.1 Å². The average molecular weight is 580 g/mol. The molecule has 2 saturated heterocycles. The van der Waals surface area contributed by atoms with Crippen molar-refractivity contribution in [3.8, 4) is 0 Å². The molecule has 10 heteroatoms. The molecule has 40 heavy (non-hydrogen) atoms. The van der Waals surface area contributed by atoms with Gasteiger partial charge < -0.3 is 19.8 Å². The summed E-state index contributed by atoms with van der Waals surface area (Å²) >= 11 is 5.86. The lowest BCUT2D eigenvalue weighted by Crippen LogP contribution is -2.57. The summed E-state index contributed by atoms with van der Waals surface area (Å²) in [5.41, 5.74) is -1.44. The Hall–Kier alpha value is -2.78. The molecule has 0 spiro atoms. The number of nitrogens with zero attached hydrogens (tertiary/aromatic N) is 3. The fraction of sp³-hybridized carbons (Fsp3) is 0.533. The van der Waals surface area contributed by atoms with Crippen LogP contribution in [0.4, 0.5) is 18.9 Å². The summed E-state index contributed by atoms with van der Waals surface area (Å²) in [5.74, 6) is -0.521. The number of anilines is 1. The van der Waals surface area contributed by atoms with Crippen LogP contribution in [0.25, 0.3) is 0 Å². The van der Waals surface area contributed by atoms with Crippen LogP contribution in [0.3, 0.4) is 0 Å². The molecule has 2 amide bonds. The molecule has 6 nitrogen and oxygen atoms in total. The van der Waals surface area contributed by atoms with Crippen LogP contribution >= 0.6 is 11.6 Å². The van der Waals surface area contributed by atoms with Crippen LogP contribution in [-0.4, -0.2) is 73.2 Å². The van der Waals surface area contributed by atoms with Crippen LogP contribution in [0.15, 0.2) is 42.5 Å². The standard InChI is InChI=1S/C30H37ClF3N3O3/c1-20-17-25(7-8-26(20)27(38)35(2)3)36-13-9-21(10-14-36)18-22-11-15-37(16-12-22)28(39)29(40,30(32,33)34)23-5-4-6-24(31)19-23/h4-8,17,19,21-22,40H,9-16,18H2,1-3H3/t29-/m1/s1. The van der Waals surface area contributed by atoms with E-state index in [1.807, 2.05) is 19.1 Å². The van der Waals surface area contributed by atoms with E-state index in [4.69, 9.17) is 11.6 Å². The highest BCUT2D eigenvalue weighted by Crippen LogP contribution is 2.42. The Labute approximate surface area is 238 Å². The maximum absolute atomic E-state index is 14.0. The Kier molecular flexibility index (Phi) is 9.05. The molecule has 2 aliphatic rings. The maximum Gasteiger partial charge on any atom is 0.430 e. The molecule has 0 unspecified atom stereocenters. The van der Waals surface area contributed by atoms with Gasteiger partial charge in [-0.15, -0.1) is 0 Å². The van der Waals surface area contributed by atoms with Crippen LogP contribution < -0.4 is 4.90 Å². The molecule has 0 saturated carbocycles. The van der Waals surface area contributed by atoms with Crippen molar-refractivity contribution in [2.24, 2.45) is 11.8 Å². The number of hydrogen-bond donors (Lipinski definition) is 1. The number of halogens is 4. The van der Waals surface area contributed by atoms with Crippen molar-refractivity contribution < 1.29 is 27.9 Å². The van der Waals surface area contributed by atoms with Gasteiger partial charge in [0.1, 0.15) is 0 Å². The Morgan fingerprint density at radius 2 is 1.57 bits per heavy atom. The summed E-state index contributed by atoms with van der Waals surface area (Å²) in [6.45, 7) is 4.12. The minimum atomic E-state index is -5.18. The van der Waals surface area contributed by atoms with E-state index >= 15 is 0 Å². The molecule has 4 rings (SSSR count). The van der Waals surface area contributed by atoms with E-state index < -0.39 is 23.2 Å². The monoisotopic (exact) mass is 579 g/mol. The number of carbonyl (C=O) groups is 2. The number of aliphatic hydroxyl groups is 1. The van der Waals surface area contributed by atoms with Crippen molar-refractivity contribution in [2.45, 2.75) is 50.8 Å². The van der Waals surface area contributed by atoms with Crippen LogP contribution in [0, 0.1) is 18.8 Å². The summed E-state index contributed by atoms with van der Waals surface area (Å²) in [4.78, 5) is 30.4. The highest BCUT2D eigenvalue weighted by atomic mass is 35.5. The van der Waals surface area contributed by atoms with Crippen LogP contribution in [0.1, 0.15) is 53.6 Å². The van der Waals surface area contributed by atoms with Crippen molar-refractivity contribution in [2.75, 3.05) is 45.2 Å². The zero-order chi connectivity index (χ0) is 29.2. The molecule has 218 valence electrons. The van der Waals surface area contributed by atoms with Crippen molar-refractivity contribution in [3.63, 3.8) is 0 Å². The van der Waals surface area contributed by atoms with E-state index in [0.717, 1.165) is 60.6 Å². The summed E-state index contributed by atoms with van der Waals surface area (Å²) in [7, 11) is 3.48. The highest BCUT2D eigenvalue weighted by Gasteiger charge is 2.62. The number of rotatable bonds is 6. The van der Waals surface area contributed by atoms with Crippen LogP contribution in [0.2, 0.25) is 5.02 Å². The lowest BCUT2D eigenvalue weighted by Gasteiger charge is -2.40. The smallest absolute Gasteiger partial charge is 0.372 e. The number of hydrogen-bond acceptors (Lipinski definition) is 4. The van der Waals surface area contributed by atoms with Gasteiger partial charge in [0.15, 0.2) is 0 Å². The SMILES string of the molecule is Cc1cc(N2CCC(CC3CCN(C(=O)[C@](O)(c4cccc(Cl)c4)C(F)(F)F)CC3)CC2)ccc1C(=O)N(C)C. The van der Waals surface area contributed by atoms with Gasteiger partial charge in [-0.05, 0) is 86.8 Å². The minimum Gasteiger partial charge on any atom is -0.372 e. The van der Waals surface area contributed by atoms with E-state index in [2.05, 4.69) is 11.0 Å². The Morgan fingerprint density at radius 3 is 2.10 bits per heavy atom. The van der Waals surface area contributed by atoms with Crippen LogP contribution in [-0.2, 0) is 10.4 Å². The second-order valence-electron chi connectivity index (χ2n) is 11.3. The molecule has 2 aliphatic heterocycles. The van der Waals surface area contributed by atoms with Gasteiger partial charge in [-0.25, -0.2) is 0 Å². The van der Waals surface area contributed by atoms with Gasteiger partial charge in [-0.2, -0.15) is 13.2 Å². The van der Waals surface area contributed by atoms with E-state index in [1.54, 1.807) is 19.0 Å². The zero-order valence-electron chi connectivity index (χ0n) is 23.2. The minimum absolute atomic E-state index is 0.0111. The largest absolute Gasteiger partial charge is 0.430 e. The molecule has 0 bridgehead atoms. The first-order valence-corrected chi connectivity index (χ1v) is 14.1. The molecule has 1 N–H and O–H groups in total. The second kappa shape index (κ2) is 12.0. The molecular weight excluding hydrogens is 543 g/mol. The third-order valence-electron chi connectivity index (χ3n) is 8.36. The van der Waals surface area contributed by atoms with Crippen molar-refractivity contribution >= 4 is 29.1 Å². The molecule has 2 heterocycles. The van der Waals surface area contributed by atoms with Crippen molar-refractivity contribution in [1.29, 1.82) is 0 Å². The first-order valence-electron chi connectivity index (χ1n) is 13.7. The van der Waals surface area contributed by atoms with Crippen molar-refractivity contribution in [1.82, 2.24) is 9.80 Å². The predicted octanol–water partition coefficient (Wildman–Crippen LogP) is 5.65. The van der Waals surface area contributed by atoms with Gasteiger partial charge in [0.25, 0.3) is 17.4 Å². The van der Waals surface area contributed by atoms with Gasteiger partial charge in [0.05, 0.1) is 0 Å². The summed E-state index contributed by atoms with van der Waals surface area (Å²) < 4.78 is 42.0. The van der Waals surface area contributed by atoms with Gasteiger partial charge in [-0.1, -0.05) is 23.7 Å². The maximum atomic E-state index is 14.0. The number of alkyl halides is 3. The second-order valence-corrected chi connectivity index (χ2v) is 11.8. The van der Waals surface area contributed by atoms with E-state index in [9.17, 15) is 27.9 Å². The lowest BCUT2D eigenvalue weighted by atomic mass is 9.82. The van der Waals surface area contributed by atoms with Gasteiger partial charge in [0.2, 0.25) is 0 Å². The Bertz CT molecular complexity index is 1220. The molecule has 2 aromatic carbocycles. The van der Waals surface area contributed by atoms with Gasteiger partial charge in [-0.3, -0.25) is 9.59 Å². The Balaban J connectivity index is 1.30. The number of likely N-dealkylation sites (tertiary alicyclic amines) is 1. The summed E-state index contributed by atoms with van der Waals surface area (Å²) in [6.07, 6.45) is -0.965. The number of benzene rings is 2. The average Bonchev–Trinajstić information content (AvgIpc) is 2.92. The molecule has 2 fully saturated rings. The molecule has 1 atom stereocenters. The lowest BCUT2D eigenvalue weighted by molar-refractivity contribution is -0.262. The molecule has 0 aromatic heterocycles. The van der Waals surface area contributed by atoms with Gasteiger partial charge in [0, 0.05) is 62.1 Å². The zero-order valence-corrected chi connectivity index (χ0v) is 23.9. The molecule has 2 aromatic rings. The van der Waals surface area contributed by atoms with Crippen molar-refractivity contribution in [3.05, 3.63) is 64.2 Å². The topological polar surface area (TPSA) is 64.1 Å². The first-order chi connectivity index (χ1) is 18.8. The van der Waals surface area contributed by atoms with E-state index in [0.29, 0.717) is 30.2 Å². The molecule has 0 aliphatic carbocycles. The van der Waals surface area contributed by atoms with Gasteiger partial charge >= 0.3 is 6.18 Å². The van der Waals surface area contributed by atoms with Crippen LogP contribution in [0.5, 0.6) is 0 Å².